The zero-order valence-electron chi connectivity index (χ0n) is 11.5. The molecule has 1 saturated heterocycles. The second kappa shape index (κ2) is 7.54. The molecule has 0 bridgehead atoms. The van der Waals surface area contributed by atoms with E-state index >= 15 is 0 Å². The number of likely N-dealkylation sites (N-methyl/N-ethyl adjacent to an activating group) is 1. The first kappa shape index (κ1) is 15.9. The Hall–Kier alpha value is -0.430. The fourth-order valence-corrected chi connectivity index (χ4v) is 2.97. The zero-order chi connectivity index (χ0) is 14.5. The van der Waals surface area contributed by atoms with E-state index in [9.17, 15) is 4.79 Å². The van der Waals surface area contributed by atoms with Gasteiger partial charge in [0.25, 0.3) is 5.91 Å². The van der Waals surface area contributed by atoms with Crippen LogP contribution >= 0.6 is 31.9 Å². The number of piperazine rings is 1. The van der Waals surface area contributed by atoms with Crippen LogP contribution in [-0.2, 0) is 0 Å². The van der Waals surface area contributed by atoms with Crippen LogP contribution in [0.1, 0.15) is 10.4 Å². The maximum atomic E-state index is 12.4. The van der Waals surface area contributed by atoms with Crippen LogP contribution in [0.4, 0.5) is 0 Å². The third-order valence-electron chi connectivity index (χ3n) is 3.47. The number of rotatable bonds is 4. The van der Waals surface area contributed by atoms with Crippen molar-refractivity contribution < 1.29 is 4.79 Å². The van der Waals surface area contributed by atoms with Crippen LogP contribution in [0.3, 0.4) is 0 Å². The Bertz CT molecular complexity index is 475. The largest absolute Gasteiger partial charge is 0.340 e. The first-order valence-corrected chi connectivity index (χ1v) is 8.30. The van der Waals surface area contributed by atoms with Crippen molar-refractivity contribution in [2.45, 2.75) is 0 Å². The summed E-state index contributed by atoms with van der Waals surface area (Å²) < 4.78 is 1.75. The number of benzene rings is 1. The van der Waals surface area contributed by atoms with Crippen LogP contribution in [-0.4, -0.2) is 62.0 Å². The van der Waals surface area contributed by atoms with E-state index in [1.807, 2.05) is 25.2 Å². The third kappa shape index (κ3) is 4.28. The van der Waals surface area contributed by atoms with Crippen molar-refractivity contribution >= 4 is 37.8 Å². The van der Waals surface area contributed by atoms with Crippen molar-refractivity contribution in [2.75, 3.05) is 46.3 Å². The molecule has 1 aliphatic heterocycles. The third-order valence-corrected chi connectivity index (χ3v) is 4.65. The SMILES string of the molecule is CN(CCN1CCNCC1)C(=O)c1cc(Br)ccc1Br. The Morgan fingerprint density at radius 2 is 2.05 bits per heavy atom. The second-order valence-corrected chi connectivity index (χ2v) is 6.71. The van der Waals surface area contributed by atoms with E-state index in [1.165, 1.54) is 0 Å². The molecule has 0 aliphatic carbocycles. The van der Waals surface area contributed by atoms with Crippen LogP contribution < -0.4 is 5.32 Å². The summed E-state index contributed by atoms with van der Waals surface area (Å²) in [6.45, 7) is 5.86. The van der Waals surface area contributed by atoms with Gasteiger partial charge in [-0.3, -0.25) is 9.69 Å². The molecule has 2 rings (SSSR count). The van der Waals surface area contributed by atoms with Gasteiger partial charge in [0.15, 0.2) is 0 Å². The zero-order valence-corrected chi connectivity index (χ0v) is 14.7. The molecule has 0 saturated carbocycles. The summed E-state index contributed by atoms with van der Waals surface area (Å²) in [4.78, 5) is 16.6. The number of nitrogens with one attached hydrogen (secondary N) is 1. The highest BCUT2D eigenvalue weighted by Crippen LogP contribution is 2.22. The van der Waals surface area contributed by atoms with Crippen molar-refractivity contribution in [3.63, 3.8) is 0 Å². The van der Waals surface area contributed by atoms with Crippen molar-refractivity contribution in [3.8, 4) is 0 Å². The molecule has 1 aliphatic rings. The van der Waals surface area contributed by atoms with E-state index in [4.69, 9.17) is 0 Å². The van der Waals surface area contributed by atoms with Crippen molar-refractivity contribution in [1.29, 1.82) is 0 Å². The second-order valence-electron chi connectivity index (χ2n) is 4.94. The quantitative estimate of drug-likeness (QED) is 0.835. The molecule has 0 aromatic heterocycles. The lowest BCUT2D eigenvalue weighted by molar-refractivity contribution is 0.0774. The molecule has 1 fully saturated rings. The Morgan fingerprint density at radius 1 is 1.35 bits per heavy atom. The smallest absolute Gasteiger partial charge is 0.254 e. The number of carbonyl (C=O) groups is 1. The highest BCUT2D eigenvalue weighted by Gasteiger charge is 2.17. The standard InChI is InChI=1S/C14H19Br2N3O/c1-18(8-9-19-6-4-17-5-7-19)14(20)12-10-11(15)2-3-13(12)16/h2-3,10,17H,4-9H2,1H3. The molecule has 1 aromatic carbocycles. The van der Waals surface area contributed by atoms with E-state index in [0.717, 1.165) is 48.2 Å². The fraction of sp³-hybridized carbons (Fsp3) is 0.500. The van der Waals surface area contributed by atoms with E-state index in [2.05, 4.69) is 42.1 Å². The van der Waals surface area contributed by atoms with Gasteiger partial charge in [-0.2, -0.15) is 0 Å². The molecule has 4 nitrogen and oxygen atoms in total. The molecular formula is C14H19Br2N3O. The lowest BCUT2D eigenvalue weighted by Gasteiger charge is -2.29. The van der Waals surface area contributed by atoms with Crippen LogP contribution in [0.25, 0.3) is 0 Å². The summed E-state index contributed by atoms with van der Waals surface area (Å²) in [7, 11) is 1.86. The minimum Gasteiger partial charge on any atom is -0.340 e. The molecule has 110 valence electrons. The van der Waals surface area contributed by atoms with Crippen LogP contribution in [0, 0.1) is 0 Å². The van der Waals surface area contributed by atoms with Gasteiger partial charge in [0, 0.05) is 55.3 Å². The molecule has 20 heavy (non-hydrogen) atoms. The Labute approximate surface area is 136 Å². The van der Waals surface area contributed by atoms with Gasteiger partial charge in [0.1, 0.15) is 0 Å². The Morgan fingerprint density at radius 3 is 2.75 bits per heavy atom. The average molecular weight is 405 g/mol. The molecule has 0 unspecified atom stereocenters. The van der Waals surface area contributed by atoms with Gasteiger partial charge in [0.2, 0.25) is 0 Å². The van der Waals surface area contributed by atoms with Crippen LogP contribution in [0.15, 0.2) is 27.1 Å². The lowest BCUT2D eigenvalue weighted by Crippen LogP contribution is -2.46. The molecule has 0 atom stereocenters. The first-order chi connectivity index (χ1) is 9.58. The monoisotopic (exact) mass is 403 g/mol. The van der Waals surface area contributed by atoms with Crippen LogP contribution in [0.5, 0.6) is 0 Å². The number of hydrogen-bond acceptors (Lipinski definition) is 3. The topological polar surface area (TPSA) is 35.6 Å². The molecule has 0 radical (unpaired) electrons. The number of nitrogens with zero attached hydrogens (tertiary/aromatic N) is 2. The summed E-state index contributed by atoms with van der Waals surface area (Å²) in [5, 5.41) is 3.33. The molecule has 1 heterocycles. The summed E-state index contributed by atoms with van der Waals surface area (Å²) in [5.41, 5.74) is 0.696. The predicted molar refractivity (Wildman–Crippen MR) is 88.1 cm³/mol. The maximum absolute atomic E-state index is 12.4. The normalized spacial score (nSPS) is 16.1. The molecule has 1 N–H and O–H groups in total. The molecular weight excluding hydrogens is 386 g/mol. The van der Waals surface area contributed by atoms with Gasteiger partial charge in [0.05, 0.1) is 5.56 Å². The van der Waals surface area contributed by atoms with Crippen molar-refractivity contribution in [3.05, 3.63) is 32.7 Å². The van der Waals surface area contributed by atoms with E-state index in [1.54, 1.807) is 4.90 Å². The molecule has 6 heteroatoms. The minimum atomic E-state index is 0.0494. The number of carbonyl (C=O) groups excluding carboxylic acids is 1. The van der Waals surface area contributed by atoms with Crippen molar-refractivity contribution in [2.24, 2.45) is 0 Å². The summed E-state index contributed by atoms with van der Waals surface area (Å²) in [6, 6.07) is 5.66. The lowest BCUT2D eigenvalue weighted by atomic mass is 10.2. The Balaban J connectivity index is 1.92. The van der Waals surface area contributed by atoms with E-state index in [0.29, 0.717) is 5.56 Å². The van der Waals surface area contributed by atoms with E-state index in [-0.39, 0.29) is 5.91 Å². The average Bonchev–Trinajstić information content (AvgIpc) is 2.47. The summed E-state index contributed by atoms with van der Waals surface area (Å²) in [5.74, 6) is 0.0494. The van der Waals surface area contributed by atoms with Gasteiger partial charge < -0.3 is 10.2 Å². The summed E-state index contributed by atoms with van der Waals surface area (Å²) in [6.07, 6.45) is 0. The highest BCUT2D eigenvalue weighted by molar-refractivity contribution is 9.11. The Kier molecular flexibility index (Phi) is 6.01. The van der Waals surface area contributed by atoms with Gasteiger partial charge in [-0.05, 0) is 34.1 Å². The molecule has 1 amide bonds. The van der Waals surface area contributed by atoms with Gasteiger partial charge in [-0.25, -0.2) is 0 Å². The van der Waals surface area contributed by atoms with Gasteiger partial charge in [-0.1, -0.05) is 15.9 Å². The van der Waals surface area contributed by atoms with E-state index < -0.39 is 0 Å². The van der Waals surface area contributed by atoms with Crippen molar-refractivity contribution in [1.82, 2.24) is 15.1 Å². The first-order valence-electron chi connectivity index (χ1n) is 6.71. The van der Waals surface area contributed by atoms with Gasteiger partial charge >= 0.3 is 0 Å². The number of halogens is 2. The molecule has 1 aromatic rings. The number of amides is 1. The fourth-order valence-electron chi connectivity index (χ4n) is 2.19. The summed E-state index contributed by atoms with van der Waals surface area (Å²) >= 11 is 6.85. The van der Waals surface area contributed by atoms with Crippen LogP contribution in [0.2, 0.25) is 0 Å². The van der Waals surface area contributed by atoms with Gasteiger partial charge in [-0.15, -0.1) is 0 Å². The maximum Gasteiger partial charge on any atom is 0.254 e. The predicted octanol–water partition coefficient (Wildman–Crippen LogP) is 2.19. The highest BCUT2D eigenvalue weighted by atomic mass is 79.9. The minimum absolute atomic E-state index is 0.0494. The number of hydrogen-bond donors (Lipinski definition) is 1. The molecule has 0 spiro atoms.